The summed E-state index contributed by atoms with van der Waals surface area (Å²) in [7, 11) is 0. The zero-order chi connectivity index (χ0) is 28.7. The van der Waals surface area contributed by atoms with Crippen LogP contribution in [0.15, 0.2) is 145 Å². The van der Waals surface area contributed by atoms with Crippen LogP contribution in [0.4, 0.5) is 0 Å². The quantitative estimate of drug-likeness (QED) is 0.209. The Labute approximate surface area is 283 Å². The average Bonchev–Trinajstić information content (AvgIpc) is 3.69. The van der Waals surface area contributed by atoms with E-state index >= 15 is 0 Å². The van der Waals surface area contributed by atoms with Gasteiger partial charge in [-0.1, -0.05) is 0 Å². The average molecular weight is 788 g/mol. The minimum Gasteiger partial charge on any atom is -1.00 e. The molecule has 1 aliphatic heterocycles. The summed E-state index contributed by atoms with van der Waals surface area (Å²) in [5.74, 6) is 0. The molecule has 220 valence electrons. The fraction of sp³-hybridized carbons (Fsp3) is 0.143. The minimum atomic E-state index is -3.01. The van der Waals surface area contributed by atoms with Crippen LogP contribution in [0, 0.1) is 0 Å². The SMILES string of the molecule is CC1=C(c2cccc3ccccc23)c2ccccc2[CH]1[Hf+2]1([CH]2C(C)=C(c3cccc4ccccc34)c3ccccc32)[CH2][CH2]1.[Cl-].[Cl-]. The number of hydrogen-bond acceptors (Lipinski definition) is 0. The molecule has 2 unspecified atom stereocenters. The normalized spacial score (nSPS) is 18.5. The minimum absolute atomic E-state index is 0. The molecule has 0 N–H and O–H groups in total. The third kappa shape index (κ3) is 4.42. The Morgan fingerprint density at radius 2 is 0.778 bits per heavy atom. The van der Waals surface area contributed by atoms with Crippen molar-refractivity contribution in [1.29, 1.82) is 0 Å². The van der Waals surface area contributed by atoms with Gasteiger partial charge in [-0.05, 0) is 0 Å². The van der Waals surface area contributed by atoms with Gasteiger partial charge in [0, 0.05) is 0 Å². The molecular weight excluding hydrogens is 754 g/mol. The summed E-state index contributed by atoms with van der Waals surface area (Å²) in [6, 6.07) is 50.5. The summed E-state index contributed by atoms with van der Waals surface area (Å²) in [5, 5.41) is 5.40. The molecule has 1 saturated heterocycles. The van der Waals surface area contributed by atoms with Crippen LogP contribution in [0.1, 0.15) is 54.6 Å². The molecule has 2 aliphatic carbocycles. The number of fused-ring (bicyclic) bond motifs is 4. The van der Waals surface area contributed by atoms with E-state index in [1.165, 1.54) is 63.3 Å². The largest absolute Gasteiger partial charge is 1.00 e. The van der Waals surface area contributed by atoms with E-state index < -0.39 is 20.0 Å². The molecule has 0 amide bonds. The Bertz CT molecular complexity index is 2020. The summed E-state index contributed by atoms with van der Waals surface area (Å²) in [6.07, 6.45) is 0. The number of rotatable bonds is 4. The van der Waals surface area contributed by atoms with E-state index in [-0.39, 0.29) is 24.8 Å². The molecule has 6 aromatic carbocycles. The van der Waals surface area contributed by atoms with Crippen molar-refractivity contribution in [2.75, 3.05) is 0 Å². The van der Waals surface area contributed by atoms with Crippen LogP contribution < -0.4 is 24.8 Å². The van der Waals surface area contributed by atoms with Crippen molar-refractivity contribution >= 4 is 32.7 Å². The first-order chi connectivity index (χ1) is 21.2. The van der Waals surface area contributed by atoms with E-state index in [0.29, 0.717) is 7.35 Å². The molecule has 3 aliphatic rings. The van der Waals surface area contributed by atoms with Gasteiger partial charge >= 0.3 is 260 Å². The molecule has 0 saturated carbocycles. The molecule has 0 nitrogen and oxygen atoms in total. The topological polar surface area (TPSA) is 0 Å². The van der Waals surface area contributed by atoms with Crippen LogP contribution in [-0.4, -0.2) is 0 Å². The summed E-state index contributed by atoms with van der Waals surface area (Å²) in [5.41, 5.74) is 15.3. The molecule has 2 atom stereocenters. The van der Waals surface area contributed by atoms with Gasteiger partial charge in [-0.25, -0.2) is 0 Å². The van der Waals surface area contributed by atoms with Gasteiger partial charge in [0.15, 0.2) is 0 Å². The molecule has 0 spiro atoms. The van der Waals surface area contributed by atoms with E-state index in [0.717, 1.165) is 0 Å². The summed E-state index contributed by atoms with van der Waals surface area (Å²) >= 11 is -3.01. The van der Waals surface area contributed by atoms with E-state index in [4.69, 9.17) is 0 Å². The third-order valence-electron chi connectivity index (χ3n) is 10.8. The maximum absolute atomic E-state index is 3.01. The molecule has 1 fully saturated rings. The Kier molecular flexibility index (Phi) is 7.80. The molecule has 0 bridgehead atoms. The van der Waals surface area contributed by atoms with Crippen LogP contribution in [0.5, 0.6) is 0 Å². The van der Waals surface area contributed by atoms with Crippen LogP contribution in [0.25, 0.3) is 32.7 Å². The predicted octanol–water partition coefficient (Wildman–Crippen LogP) is 5.46. The van der Waals surface area contributed by atoms with Gasteiger partial charge in [0.1, 0.15) is 0 Å². The molecular formula is C42H34Cl2Hf. The van der Waals surface area contributed by atoms with Gasteiger partial charge < -0.3 is 24.8 Å². The predicted molar refractivity (Wildman–Crippen MR) is 179 cm³/mol. The summed E-state index contributed by atoms with van der Waals surface area (Å²) in [4.78, 5) is 0. The zero-order valence-corrected chi connectivity index (χ0v) is 30.6. The molecule has 1 heterocycles. The van der Waals surface area contributed by atoms with Crippen molar-refractivity contribution in [3.63, 3.8) is 0 Å². The fourth-order valence-electron chi connectivity index (χ4n) is 9.10. The second-order valence-corrected chi connectivity index (χ2v) is 29.5. The smallest absolute Gasteiger partial charge is 1.00 e. The van der Waals surface area contributed by atoms with Crippen LogP contribution in [0.2, 0.25) is 8.35 Å². The standard InChI is InChI=1S/2C20H15.C2H4.2ClH.Hf/c2*1-14-13-16-8-3-5-11-18(16)20(14)19-12-6-9-15-7-2-4-10-17(15)19;1-2;;;/h2*2-13H,1H3;1-2H2;2*1H;/q;;;;;+2/p-2. The monoisotopic (exact) mass is 788 g/mol. The van der Waals surface area contributed by atoms with Gasteiger partial charge in [0.2, 0.25) is 0 Å². The second kappa shape index (κ2) is 11.5. The van der Waals surface area contributed by atoms with E-state index in [1.54, 1.807) is 22.3 Å². The Balaban J connectivity index is 0.00000163. The van der Waals surface area contributed by atoms with E-state index in [1.807, 2.05) is 0 Å². The molecule has 0 radical (unpaired) electrons. The number of allylic oxidation sites excluding steroid dienone is 2. The Morgan fingerprint density at radius 3 is 1.22 bits per heavy atom. The van der Waals surface area contributed by atoms with E-state index in [2.05, 4.69) is 147 Å². The Hall–Kier alpha value is -3.23. The van der Waals surface area contributed by atoms with Crippen LogP contribution >= 0.6 is 0 Å². The van der Waals surface area contributed by atoms with Crippen LogP contribution in [0.3, 0.4) is 0 Å². The van der Waals surface area contributed by atoms with Crippen molar-refractivity contribution in [2.45, 2.75) is 29.6 Å². The van der Waals surface area contributed by atoms with Gasteiger partial charge in [0.05, 0.1) is 0 Å². The van der Waals surface area contributed by atoms with Crippen molar-refractivity contribution in [2.24, 2.45) is 0 Å². The van der Waals surface area contributed by atoms with Gasteiger partial charge in [-0.3, -0.25) is 0 Å². The first-order valence-corrected chi connectivity index (χ1v) is 25.0. The van der Waals surface area contributed by atoms with Crippen molar-refractivity contribution < 1.29 is 44.8 Å². The van der Waals surface area contributed by atoms with Gasteiger partial charge in [-0.2, -0.15) is 0 Å². The maximum Gasteiger partial charge on any atom is -1.00 e. The van der Waals surface area contributed by atoms with Crippen molar-refractivity contribution in [1.82, 2.24) is 0 Å². The van der Waals surface area contributed by atoms with Crippen molar-refractivity contribution in [3.05, 3.63) is 178 Å². The second-order valence-electron chi connectivity index (χ2n) is 12.9. The third-order valence-corrected chi connectivity index (χ3v) is 30.4. The first kappa shape index (κ1) is 30.4. The van der Waals surface area contributed by atoms with Crippen LogP contribution in [-0.2, 0) is 20.0 Å². The molecule has 6 aromatic rings. The van der Waals surface area contributed by atoms with Crippen molar-refractivity contribution in [3.8, 4) is 0 Å². The Morgan fingerprint density at radius 1 is 0.422 bits per heavy atom. The number of halogens is 2. The molecule has 9 rings (SSSR count). The van der Waals surface area contributed by atoms with Gasteiger partial charge in [-0.15, -0.1) is 0 Å². The fourth-order valence-corrected chi connectivity index (χ4v) is 37.5. The summed E-state index contributed by atoms with van der Waals surface area (Å²) < 4.78 is 4.20. The first-order valence-electron chi connectivity index (χ1n) is 15.7. The summed E-state index contributed by atoms with van der Waals surface area (Å²) in [6.45, 7) is 4.99. The molecule has 3 heteroatoms. The number of benzene rings is 6. The molecule has 45 heavy (non-hydrogen) atoms. The zero-order valence-electron chi connectivity index (χ0n) is 25.5. The molecule has 0 aromatic heterocycles. The maximum atomic E-state index is 2.49. The van der Waals surface area contributed by atoms with E-state index in [9.17, 15) is 0 Å². The number of hydrogen-bond donors (Lipinski definition) is 0. The van der Waals surface area contributed by atoms with Gasteiger partial charge in [0.25, 0.3) is 0 Å².